The second-order valence-electron chi connectivity index (χ2n) is 5.00. The molecule has 8 heteroatoms. The van der Waals surface area contributed by atoms with Gasteiger partial charge in [-0.25, -0.2) is 14.6 Å². The number of piperazine rings is 1. The van der Waals surface area contributed by atoms with Crippen LogP contribution in [0.15, 0.2) is 18.2 Å². The number of carboxylic acids is 1. The average molecular weight is 290 g/mol. The number of carbonyl (C=O) groups is 3. The monoisotopic (exact) mass is 290 g/mol. The zero-order chi connectivity index (χ0) is 15.0. The first-order valence-corrected chi connectivity index (χ1v) is 6.60. The lowest BCUT2D eigenvalue weighted by molar-refractivity contribution is 0.0610. The molecule has 8 nitrogen and oxygen atoms in total. The molecule has 0 aliphatic carbocycles. The van der Waals surface area contributed by atoms with Gasteiger partial charge < -0.3 is 20.2 Å². The van der Waals surface area contributed by atoms with Crippen LogP contribution in [0, 0.1) is 0 Å². The summed E-state index contributed by atoms with van der Waals surface area (Å²) in [7, 11) is 0. The molecule has 1 aromatic rings. The summed E-state index contributed by atoms with van der Waals surface area (Å²) in [6, 6.07) is 4.21. The molecule has 2 saturated heterocycles. The number of amides is 3. The highest BCUT2D eigenvalue weighted by atomic mass is 16.4. The molecule has 3 amide bonds. The van der Waals surface area contributed by atoms with E-state index in [4.69, 9.17) is 5.11 Å². The SMILES string of the molecule is O=C(O)c1cccc(C(=O)N2CCN3C(=O)NCC3C2)n1. The Hall–Kier alpha value is -2.64. The molecular weight excluding hydrogens is 276 g/mol. The quantitative estimate of drug-likeness (QED) is 0.773. The highest BCUT2D eigenvalue weighted by molar-refractivity contribution is 5.94. The number of rotatable bonds is 2. The van der Waals surface area contributed by atoms with Crippen LogP contribution in [0.4, 0.5) is 4.79 Å². The van der Waals surface area contributed by atoms with Crippen molar-refractivity contribution < 1.29 is 19.5 Å². The summed E-state index contributed by atoms with van der Waals surface area (Å²) in [6.45, 7) is 1.84. The topological polar surface area (TPSA) is 103 Å². The first-order valence-electron chi connectivity index (χ1n) is 6.60. The van der Waals surface area contributed by atoms with Gasteiger partial charge in [0.05, 0.1) is 6.04 Å². The summed E-state index contributed by atoms with van der Waals surface area (Å²) in [5, 5.41) is 11.7. The Bertz CT molecular complexity index is 618. The minimum absolute atomic E-state index is 0.0298. The van der Waals surface area contributed by atoms with Crippen LogP contribution in [0.5, 0.6) is 0 Å². The van der Waals surface area contributed by atoms with Gasteiger partial charge in [-0.2, -0.15) is 0 Å². The van der Waals surface area contributed by atoms with Crippen LogP contribution < -0.4 is 5.32 Å². The number of hydrogen-bond acceptors (Lipinski definition) is 4. The zero-order valence-electron chi connectivity index (χ0n) is 11.2. The molecule has 110 valence electrons. The van der Waals surface area contributed by atoms with Crippen LogP contribution in [0.3, 0.4) is 0 Å². The molecular formula is C13H14N4O4. The molecule has 0 saturated carbocycles. The summed E-state index contributed by atoms with van der Waals surface area (Å²) in [5.41, 5.74) is -0.0437. The van der Waals surface area contributed by atoms with Gasteiger partial charge in [0, 0.05) is 26.2 Å². The minimum Gasteiger partial charge on any atom is -0.477 e. The molecule has 2 aliphatic heterocycles. The van der Waals surface area contributed by atoms with Crippen molar-refractivity contribution in [3.05, 3.63) is 29.6 Å². The number of carbonyl (C=O) groups excluding carboxylic acids is 2. The molecule has 2 aliphatic rings. The van der Waals surface area contributed by atoms with Gasteiger partial charge in [0.15, 0.2) is 0 Å². The molecule has 0 spiro atoms. The lowest BCUT2D eigenvalue weighted by atomic mass is 10.2. The standard InChI is InChI=1S/C13H14N4O4/c18-11(9-2-1-3-10(15-9)12(19)20)16-4-5-17-8(7-16)6-14-13(17)21/h1-3,8H,4-7H2,(H,14,21)(H,19,20). The third kappa shape index (κ3) is 2.39. The van der Waals surface area contributed by atoms with Crippen molar-refractivity contribution in [2.45, 2.75) is 6.04 Å². The molecule has 0 bridgehead atoms. The third-order valence-corrected chi connectivity index (χ3v) is 3.71. The first kappa shape index (κ1) is 13.3. The zero-order valence-corrected chi connectivity index (χ0v) is 11.2. The van der Waals surface area contributed by atoms with Crippen molar-refractivity contribution in [2.24, 2.45) is 0 Å². The van der Waals surface area contributed by atoms with E-state index >= 15 is 0 Å². The molecule has 1 unspecified atom stereocenters. The number of carboxylic acid groups (broad SMARTS) is 1. The Labute approximate surface area is 120 Å². The lowest BCUT2D eigenvalue weighted by Crippen LogP contribution is -2.53. The summed E-state index contributed by atoms with van der Waals surface area (Å²) in [4.78, 5) is 42.0. The summed E-state index contributed by atoms with van der Waals surface area (Å²) >= 11 is 0. The van der Waals surface area contributed by atoms with E-state index < -0.39 is 5.97 Å². The summed E-state index contributed by atoms with van der Waals surface area (Å²) in [6.07, 6.45) is 0. The normalized spacial score (nSPS) is 21.0. The van der Waals surface area contributed by atoms with Gasteiger partial charge in [0.1, 0.15) is 11.4 Å². The predicted octanol–water partition coefficient (Wildman–Crippen LogP) is -0.371. The average Bonchev–Trinajstić information content (AvgIpc) is 2.87. The number of urea groups is 1. The highest BCUT2D eigenvalue weighted by Gasteiger charge is 2.37. The molecule has 2 N–H and O–H groups in total. The Morgan fingerprint density at radius 3 is 2.81 bits per heavy atom. The van der Waals surface area contributed by atoms with Gasteiger partial charge in [0.25, 0.3) is 5.91 Å². The van der Waals surface area contributed by atoms with Crippen molar-refractivity contribution in [3.63, 3.8) is 0 Å². The number of nitrogens with zero attached hydrogens (tertiary/aromatic N) is 3. The molecule has 1 aromatic heterocycles. The molecule has 21 heavy (non-hydrogen) atoms. The number of pyridine rings is 1. The minimum atomic E-state index is -1.17. The maximum atomic E-state index is 12.4. The van der Waals surface area contributed by atoms with Gasteiger partial charge in [-0.3, -0.25) is 4.79 Å². The van der Waals surface area contributed by atoms with Crippen molar-refractivity contribution in [3.8, 4) is 0 Å². The van der Waals surface area contributed by atoms with Crippen LogP contribution in [-0.4, -0.2) is 70.0 Å². The lowest BCUT2D eigenvalue weighted by Gasteiger charge is -2.36. The van der Waals surface area contributed by atoms with Crippen LogP contribution in [0.2, 0.25) is 0 Å². The van der Waals surface area contributed by atoms with Gasteiger partial charge in [-0.05, 0) is 12.1 Å². The Balaban J connectivity index is 1.75. The van der Waals surface area contributed by atoms with E-state index in [-0.39, 0.29) is 29.4 Å². The van der Waals surface area contributed by atoms with Crippen molar-refractivity contribution in [1.29, 1.82) is 0 Å². The van der Waals surface area contributed by atoms with Gasteiger partial charge in [-0.1, -0.05) is 6.07 Å². The fourth-order valence-electron chi connectivity index (χ4n) is 2.62. The Kier molecular flexibility index (Phi) is 3.20. The van der Waals surface area contributed by atoms with Gasteiger partial charge in [0.2, 0.25) is 0 Å². The van der Waals surface area contributed by atoms with Crippen LogP contribution in [-0.2, 0) is 0 Å². The maximum absolute atomic E-state index is 12.4. The van der Waals surface area contributed by atoms with Crippen molar-refractivity contribution in [2.75, 3.05) is 26.2 Å². The predicted molar refractivity (Wildman–Crippen MR) is 71.0 cm³/mol. The van der Waals surface area contributed by atoms with E-state index in [1.807, 2.05) is 0 Å². The number of fused-ring (bicyclic) bond motifs is 1. The van der Waals surface area contributed by atoms with Crippen LogP contribution >= 0.6 is 0 Å². The number of hydrogen-bond donors (Lipinski definition) is 2. The Morgan fingerprint density at radius 1 is 1.29 bits per heavy atom. The van der Waals surface area contributed by atoms with E-state index in [1.54, 1.807) is 9.80 Å². The maximum Gasteiger partial charge on any atom is 0.354 e. The third-order valence-electron chi connectivity index (χ3n) is 3.71. The van der Waals surface area contributed by atoms with Crippen LogP contribution in [0.25, 0.3) is 0 Å². The second kappa shape index (κ2) is 5.04. The first-order chi connectivity index (χ1) is 10.1. The summed E-state index contributed by atoms with van der Waals surface area (Å²) in [5.74, 6) is -1.47. The fraction of sp³-hybridized carbons (Fsp3) is 0.385. The molecule has 3 rings (SSSR count). The number of nitrogens with one attached hydrogen (secondary N) is 1. The largest absolute Gasteiger partial charge is 0.477 e. The number of aromatic nitrogens is 1. The van der Waals surface area contributed by atoms with E-state index in [0.29, 0.717) is 26.2 Å². The molecule has 0 radical (unpaired) electrons. The van der Waals surface area contributed by atoms with Gasteiger partial charge >= 0.3 is 12.0 Å². The highest BCUT2D eigenvalue weighted by Crippen LogP contribution is 2.16. The number of aromatic carboxylic acids is 1. The van der Waals surface area contributed by atoms with Crippen molar-refractivity contribution in [1.82, 2.24) is 20.1 Å². The fourth-order valence-corrected chi connectivity index (χ4v) is 2.62. The van der Waals surface area contributed by atoms with Crippen molar-refractivity contribution >= 4 is 17.9 Å². The Morgan fingerprint density at radius 2 is 2.05 bits per heavy atom. The van der Waals surface area contributed by atoms with E-state index in [2.05, 4.69) is 10.3 Å². The van der Waals surface area contributed by atoms with E-state index in [1.165, 1.54) is 18.2 Å². The molecule has 1 atom stereocenters. The molecule has 2 fully saturated rings. The van der Waals surface area contributed by atoms with Crippen LogP contribution in [0.1, 0.15) is 21.0 Å². The van der Waals surface area contributed by atoms with E-state index in [0.717, 1.165) is 0 Å². The van der Waals surface area contributed by atoms with E-state index in [9.17, 15) is 14.4 Å². The second-order valence-corrected chi connectivity index (χ2v) is 5.00. The summed E-state index contributed by atoms with van der Waals surface area (Å²) < 4.78 is 0. The molecule has 0 aromatic carbocycles. The smallest absolute Gasteiger partial charge is 0.354 e. The van der Waals surface area contributed by atoms with Gasteiger partial charge in [-0.15, -0.1) is 0 Å². The molecule has 3 heterocycles.